The number of nitrogens with zero attached hydrogens (tertiary/aromatic N) is 2. The maximum absolute atomic E-state index is 12.6. The van der Waals surface area contributed by atoms with E-state index in [0.717, 1.165) is 18.1 Å². The van der Waals surface area contributed by atoms with Crippen LogP contribution < -0.4 is 10.1 Å². The lowest BCUT2D eigenvalue weighted by molar-refractivity contribution is -0.146. The van der Waals surface area contributed by atoms with Crippen LogP contribution in [0.4, 0.5) is 13.2 Å². The van der Waals surface area contributed by atoms with E-state index in [2.05, 4.69) is 15.2 Å². The standard InChI is InChI=1S/C19H26F3N3O3/c1-3-23-18(25-11-8-14(9-12-25)17(26)27-2)24-10-13-28-16-6-4-15(5-7-16)19(20,21)22/h4-7,14H,3,8-13H2,1-2H3,(H,23,24). The molecule has 2 rings (SSSR count). The molecule has 156 valence electrons. The molecule has 0 aromatic heterocycles. The number of alkyl halides is 3. The molecule has 1 heterocycles. The van der Waals surface area contributed by atoms with Crippen LogP contribution in [0.2, 0.25) is 0 Å². The third-order valence-electron chi connectivity index (χ3n) is 4.47. The maximum atomic E-state index is 12.6. The Morgan fingerprint density at radius 3 is 2.43 bits per heavy atom. The number of nitrogens with one attached hydrogen (secondary N) is 1. The van der Waals surface area contributed by atoms with Gasteiger partial charge in [0.1, 0.15) is 12.4 Å². The van der Waals surface area contributed by atoms with Gasteiger partial charge < -0.3 is 19.7 Å². The quantitative estimate of drug-likeness (QED) is 0.344. The number of ether oxygens (including phenoxy) is 2. The number of guanidine groups is 1. The number of hydrogen-bond acceptors (Lipinski definition) is 4. The molecule has 28 heavy (non-hydrogen) atoms. The molecule has 1 aromatic rings. The number of likely N-dealkylation sites (tertiary alicyclic amines) is 1. The van der Waals surface area contributed by atoms with Crippen molar-refractivity contribution in [2.75, 3.05) is 39.9 Å². The normalized spacial score (nSPS) is 16.0. The molecule has 1 aliphatic rings. The predicted octanol–water partition coefficient (Wildman–Crippen LogP) is 2.93. The number of hydrogen-bond donors (Lipinski definition) is 1. The molecule has 1 N–H and O–H groups in total. The molecule has 0 atom stereocenters. The average molecular weight is 401 g/mol. The van der Waals surface area contributed by atoms with Crippen molar-refractivity contribution in [2.24, 2.45) is 10.9 Å². The van der Waals surface area contributed by atoms with E-state index < -0.39 is 11.7 Å². The van der Waals surface area contributed by atoms with Gasteiger partial charge in [-0.2, -0.15) is 13.2 Å². The Kier molecular flexibility index (Phi) is 7.95. The topological polar surface area (TPSA) is 63.2 Å². The fourth-order valence-electron chi connectivity index (χ4n) is 2.97. The van der Waals surface area contributed by atoms with Crippen LogP contribution in [0.25, 0.3) is 0 Å². The molecule has 0 radical (unpaired) electrons. The largest absolute Gasteiger partial charge is 0.492 e. The van der Waals surface area contributed by atoms with Crippen LogP contribution in [0.5, 0.6) is 5.75 Å². The zero-order valence-electron chi connectivity index (χ0n) is 16.1. The molecule has 0 bridgehead atoms. The highest BCUT2D eigenvalue weighted by atomic mass is 19.4. The van der Waals surface area contributed by atoms with Gasteiger partial charge in [0.25, 0.3) is 0 Å². The van der Waals surface area contributed by atoms with Crippen molar-refractivity contribution >= 4 is 11.9 Å². The van der Waals surface area contributed by atoms with Gasteiger partial charge >= 0.3 is 12.1 Å². The first-order valence-corrected chi connectivity index (χ1v) is 9.26. The van der Waals surface area contributed by atoms with Crippen molar-refractivity contribution in [2.45, 2.75) is 25.9 Å². The molecular formula is C19H26F3N3O3. The second-order valence-electron chi connectivity index (χ2n) is 6.39. The summed E-state index contributed by atoms with van der Waals surface area (Å²) in [6, 6.07) is 4.59. The second-order valence-corrected chi connectivity index (χ2v) is 6.39. The zero-order valence-corrected chi connectivity index (χ0v) is 16.1. The summed E-state index contributed by atoms with van der Waals surface area (Å²) in [5, 5.41) is 3.21. The number of rotatable bonds is 6. The van der Waals surface area contributed by atoms with E-state index in [1.54, 1.807) is 0 Å². The van der Waals surface area contributed by atoms with E-state index in [4.69, 9.17) is 9.47 Å². The highest BCUT2D eigenvalue weighted by Crippen LogP contribution is 2.30. The summed E-state index contributed by atoms with van der Waals surface area (Å²) in [6.07, 6.45) is -2.94. The van der Waals surface area contributed by atoms with Gasteiger partial charge in [-0.05, 0) is 44.0 Å². The van der Waals surface area contributed by atoms with Crippen molar-refractivity contribution in [3.8, 4) is 5.75 Å². The molecule has 0 unspecified atom stereocenters. The van der Waals surface area contributed by atoms with Crippen LogP contribution in [0.15, 0.2) is 29.3 Å². The van der Waals surface area contributed by atoms with E-state index in [1.165, 1.54) is 19.2 Å². The fraction of sp³-hybridized carbons (Fsp3) is 0.579. The SMILES string of the molecule is CCNC(=NCCOc1ccc(C(F)(F)F)cc1)N1CCC(C(=O)OC)CC1. The lowest BCUT2D eigenvalue weighted by Crippen LogP contribution is -2.46. The van der Waals surface area contributed by atoms with Crippen LogP contribution in [0.1, 0.15) is 25.3 Å². The Morgan fingerprint density at radius 2 is 1.89 bits per heavy atom. The van der Waals surface area contributed by atoms with Gasteiger partial charge in [-0.15, -0.1) is 0 Å². The molecular weight excluding hydrogens is 375 g/mol. The number of halogens is 3. The van der Waals surface area contributed by atoms with Crippen LogP contribution in [-0.2, 0) is 15.7 Å². The third-order valence-corrected chi connectivity index (χ3v) is 4.47. The number of carbonyl (C=O) groups is 1. The second kappa shape index (κ2) is 10.2. The first-order chi connectivity index (χ1) is 13.3. The Hall–Kier alpha value is -2.45. The van der Waals surface area contributed by atoms with E-state index in [0.29, 0.717) is 44.8 Å². The molecule has 1 fully saturated rings. The molecule has 0 saturated carbocycles. The summed E-state index contributed by atoms with van der Waals surface area (Å²) >= 11 is 0. The van der Waals surface area contributed by atoms with Gasteiger partial charge in [0, 0.05) is 19.6 Å². The molecule has 0 spiro atoms. The van der Waals surface area contributed by atoms with Crippen LogP contribution in [0, 0.1) is 5.92 Å². The number of piperidine rings is 1. The van der Waals surface area contributed by atoms with E-state index in [9.17, 15) is 18.0 Å². The third kappa shape index (κ3) is 6.31. The summed E-state index contributed by atoms with van der Waals surface area (Å²) in [4.78, 5) is 18.2. The lowest BCUT2D eigenvalue weighted by Gasteiger charge is -2.33. The summed E-state index contributed by atoms with van der Waals surface area (Å²) < 4.78 is 47.9. The van der Waals surface area contributed by atoms with Gasteiger partial charge in [-0.3, -0.25) is 4.79 Å². The van der Waals surface area contributed by atoms with Gasteiger partial charge in [0.15, 0.2) is 5.96 Å². The minimum Gasteiger partial charge on any atom is -0.492 e. The van der Waals surface area contributed by atoms with Crippen molar-refractivity contribution in [1.29, 1.82) is 0 Å². The van der Waals surface area contributed by atoms with Crippen LogP contribution in [-0.4, -0.2) is 56.7 Å². The summed E-state index contributed by atoms with van der Waals surface area (Å²) in [5.41, 5.74) is -0.706. The van der Waals surface area contributed by atoms with Gasteiger partial charge in [-0.1, -0.05) is 0 Å². The molecule has 0 amide bonds. The monoisotopic (exact) mass is 401 g/mol. The molecule has 0 aliphatic carbocycles. The minimum atomic E-state index is -4.36. The molecule has 9 heteroatoms. The summed E-state index contributed by atoms with van der Waals surface area (Å²) in [7, 11) is 1.40. The number of esters is 1. The average Bonchev–Trinajstić information content (AvgIpc) is 2.69. The van der Waals surface area contributed by atoms with Crippen molar-refractivity contribution < 1.29 is 27.4 Å². The number of methoxy groups -OCH3 is 1. The Labute approximate surface area is 162 Å². The maximum Gasteiger partial charge on any atom is 0.416 e. The predicted molar refractivity (Wildman–Crippen MR) is 99.2 cm³/mol. The van der Waals surface area contributed by atoms with Crippen LogP contribution in [0.3, 0.4) is 0 Å². The molecule has 1 saturated heterocycles. The smallest absolute Gasteiger partial charge is 0.416 e. The van der Waals surface area contributed by atoms with Crippen molar-refractivity contribution in [1.82, 2.24) is 10.2 Å². The van der Waals surface area contributed by atoms with Gasteiger partial charge in [-0.25, -0.2) is 4.99 Å². The first kappa shape index (κ1) is 21.8. The van der Waals surface area contributed by atoms with E-state index >= 15 is 0 Å². The van der Waals surface area contributed by atoms with Crippen molar-refractivity contribution in [3.05, 3.63) is 29.8 Å². The number of benzene rings is 1. The molecule has 1 aromatic carbocycles. The first-order valence-electron chi connectivity index (χ1n) is 9.26. The summed E-state index contributed by atoms with van der Waals surface area (Å²) in [6.45, 7) is 4.68. The number of aliphatic imine (C=N–C) groups is 1. The fourth-order valence-corrected chi connectivity index (χ4v) is 2.97. The Balaban J connectivity index is 1.83. The zero-order chi connectivity index (χ0) is 20.6. The van der Waals surface area contributed by atoms with E-state index in [-0.39, 0.29) is 18.5 Å². The molecule has 1 aliphatic heterocycles. The van der Waals surface area contributed by atoms with Gasteiger partial charge in [0.2, 0.25) is 0 Å². The lowest BCUT2D eigenvalue weighted by atomic mass is 9.97. The molecule has 6 nitrogen and oxygen atoms in total. The van der Waals surface area contributed by atoms with Crippen molar-refractivity contribution in [3.63, 3.8) is 0 Å². The Bertz CT molecular complexity index is 655. The Morgan fingerprint density at radius 1 is 1.25 bits per heavy atom. The minimum absolute atomic E-state index is 0.0767. The van der Waals surface area contributed by atoms with E-state index in [1.807, 2.05) is 6.92 Å². The van der Waals surface area contributed by atoms with Crippen LogP contribution >= 0.6 is 0 Å². The van der Waals surface area contributed by atoms with Gasteiger partial charge in [0.05, 0.1) is 25.1 Å². The highest BCUT2D eigenvalue weighted by molar-refractivity contribution is 5.80. The summed E-state index contributed by atoms with van der Waals surface area (Å²) in [5.74, 6) is 0.854. The highest BCUT2D eigenvalue weighted by Gasteiger charge is 2.30. The number of carbonyl (C=O) groups excluding carboxylic acids is 1.